The summed E-state index contributed by atoms with van der Waals surface area (Å²) in [4.78, 5) is 17.7. The minimum atomic E-state index is 0. The van der Waals surface area contributed by atoms with E-state index >= 15 is 0 Å². The summed E-state index contributed by atoms with van der Waals surface area (Å²) in [6.07, 6.45) is 5.50. The van der Waals surface area contributed by atoms with Gasteiger partial charge in [0.05, 0.1) is 5.82 Å². The van der Waals surface area contributed by atoms with Crippen molar-refractivity contribution in [3.63, 3.8) is 0 Å². The molecule has 2 heterocycles. The van der Waals surface area contributed by atoms with Gasteiger partial charge in [-0.3, -0.25) is 4.98 Å². The molecule has 1 saturated carbocycles. The van der Waals surface area contributed by atoms with Gasteiger partial charge in [0, 0.05) is 31.8 Å². The second-order valence-electron chi connectivity index (χ2n) is 4.63. The van der Waals surface area contributed by atoms with Gasteiger partial charge in [-0.1, -0.05) is 12.6 Å². The van der Waals surface area contributed by atoms with Crippen molar-refractivity contribution in [2.45, 2.75) is 45.3 Å². The van der Waals surface area contributed by atoms with Crippen molar-refractivity contribution >= 4 is 6.29 Å². The van der Waals surface area contributed by atoms with Crippen LogP contribution in [0.15, 0.2) is 0 Å². The molecule has 1 aliphatic carbocycles. The van der Waals surface area contributed by atoms with Gasteiger partial charge in [0.25, 0.3) is 0 Å². The van der Waals surface area contributed by atoms with E-state index in [4.69, 9.17) is 0 Å². The Bertz CT molecular complexity index is 426. The minimum Gasteiger partial charge on any atom is -0.417 e. The van der Waals surface area contributed by atoms with E-state index in [0.29, 0.717) is 5.69 Å². The summed E-state index contributed by atoms with van der Waals surface area (Å²) in [5.41, 5.74) is 1.60. The molecular weight excluding hydrogens is 288 g/mol. The number of aryl methyl sites for hydroxylation is 1. The summed E-state index contributed by atoms with van der Waals surface area (Å²) in [6, 6.07) is 0.758. The van der Waals surface area contributed by atoms with E-state index in [9.17, 15) is 4.79 Å². The van der Waals surface area contributed by atoms with E-state index in [1.807, 2.05) is 6.29 Å². The van der Waals surface area contributed by atoms with Crippen molar-refractivity contribution in [1.82, 2.24) is 14.5 Å². The Morgan fingerprint density at radius 3 is 2.76 bits per heavy atom. The maximum atomic E-state index is 10.9. The fourth-order valence-corrected chi connectivity index (χ4v) is 2.56. The third-order valence-corrected chi connectivity index (χ3v) is 3.59. The first-order valence-electron chi connectivity index (χ1n) is 6.04. The van der Waals surface area contributed by atoms with E-state index in [1.165, 1.54) is 12.8 Å². The fraction of sp³-hybridized carbons (Fsp3) is 0.667. The van der Waals surface area contributed by atoms with Crippen LogP contribution in [0, 0.1) is 0 Å². The maximum Gasteiger partial charge on any atom is 1.00 e. The molecule has 1 fully saturated rings. The molecule has 0 aromatic carbocycles. The van der Waals surface area contributed by atoms with Crippen LogP contribution in [0.1, 0.15) is 37.0 Å². The molecule has 5 heteroatoms. The van der Waals surface area contributed by atoms with E-state index in [2.05, 4.69) is 21.4 Å². The summed E-state index contributed by atoms with van der Waals surface area (Å²) < 4.78 is 2.21. The Morgan fingerprint density at radius 2 is 2.18 bits per heavy atom. The van der Waals surface area contributed by atoms with Crippen LogP contribution >= 0.6 is 0 Å². The van der Waals surface area contributed by atoms with Crippen LogP contribution in [0.5, 0.6) is 0 Å². The van der Waals surface area contributed by atoms with Gasteiger partial charge in [-0.2, -0.15) is 0 Å². The number of aromatic nitrogens is 2. The SMILES string of the molecule is CCc1nc([C-]=O)c2n1CCN(C1CC1)C2.[Rb+]. The molecule has 0 amide bonds. The Labute approximate surface area is 151 Å². The first-order chi connectivity index (χ1) is 7.83. The summed E-state index contributed by atoms with van der Waals surface area (Å²) in [5.74, 6) is 1.03. The largest absolute Gasteiger partial charge is 1.00 e. The van der Waals surface area contributed by atoms with Crippen molar-refractivity contribution in [2.24, 2.45) is 0 Å². The first-order valence-corrected chi connectivity index (χ1v) is 6.04. The smallest absolute Gasteiger partial charge is 0.417 e. The van der Waals surface area contributed by atoms with Crippen LogP contribution in [0.4, 0.5) is 0 Å². The molecule has 86 valence electrons. The zero-order chi connectivity index (χ0) is 11.1. The van der Waals surface area contributed by atoms with Gasteiger partial charge in [0.2, 0.25) is 0 Å². The molecule has 4 nitrogen and oxygen atoms in total. The third-order valence-electron chi connectivity index (χ3n) is 3.59. The molecule has 17 heavy (non-hydrogen) atoms. The third kappa shape index (κ3) is 2.66. The van der Waals surface area contributed by atoms with Crippen molar-refractivity contribution < 1.29 is 63.0 Å². The normalized spacial score (nSPS) is 19.6. The molecule has 3 rings (SSSR count). The van der Waals surface area contributed by atoms with Gasteiger partial charge in [0.1, 0.15) is 0 Å². The van der Waals surface area contributed by atoms with Crippen molar-refractivity contribution in [1.29, 1.82) is 0 Å². The van der Waals surface area contributed by atoms with Crippen LogP contribution in [-0.4, -0.2) is 33.3 Å². The number of imidazole rings is 1. The van der Waals surface area contributed by atoms with Crippen LogP contribution in [-0.2, 0) is 24.3 Å². The summed E-state index contributed by atoms with van der Waals surface area (Å²) in [7, 11) is 0. The van der Waals surface area contributed by atoms with Gasteiger partial charge in [-0.15, -0.1) is 0 Å². The second kappa shape index (κ2) is 5.74. The Kier molecular flexibility index (Phi) is 4.75. The number of fused-ring (bicyclic) bond motifs is 1. The zero-order valence-electron chi connectivity index (χ0n) is 10.6. The molecule has 1 aromatic rings. The molecule has 1 aromatic heterocycles. The molecular formula is C12H16N3ORb. The first kappa shape index (κ1) is 14.1. The van der Waals surface area contributed by atoms with Gasteiger partial charge >= 0.3 is 58.2 Å². The second-order valence-corrected chi connectivity index (χ2v) is 4.63. The van der Waals surface area contributed by atoms with E-state index in [1.54, 1.807) is 0 Å². The number of hydrogen-bond donors (Lipinski definition) is 0. The molecule has 0 spiro atoms. The van der Waals surface area contributed by atoms with E-state index < -0.39 is 0 Å². The number of carbonyl (C=O) groups excluding carboxylic acids is 1. The van der Waals surface area contributed by atoms with Crippen LogP contribution in [0.3, 0.4) is 0 Å². The topological polar surface area (TPSA) is 38.1 Å². The summed E-state index contributed by atoms with van der Waals surface area (Å²) in [6.45, 7) is 5.03. The Hall–Kier alpha value is 0.645. The van der Waals surface area contributed by atoms with Crippen LogP contribution < -0.4 is 58.2 Å². The molecule has 0 atom stereocenters. The Balaban J connectivity index is 0.00000108. The monoisotopic (exact) mass is 303 g/mol. The van der Waals surface area contributed by atoms with Crippen LogP contribution in [0.2, 0.25) is 0 Å². The molecule has 1 aliphatic heterocycles. The fourth-order valence-electron chi connectivity index (χ4n) is 2.56. The van der Waals surface area contributed by atoms with Gasteiger partial charge < -0.3 is 14.3 Å². The quantitative estimate of drug-likeness (QED) is 0.600. The summed E-state index contributed by atoms with van der Waals surface area (Å²) in [5, 5.41) is 0. The average Bonchev–Trinajstić information content (AvgIpc) is 3.10. The minimum absolute atomic E-state index is 0. The number of rotatable bonds is 3. The summed E-state index contributed by atoms with van der Waals surface area (Å²) >= 11 is 0. The average molecular weight is 304 g/mol. The number of hydrogen-bond acceptors (Lipinski definition) is 3. The Morgan fingerprint density at radius 1 is 1.41 bits per heavy atom. The van der Waals surface area contributed by atoms with Crippen LogP contribution in [0.25, 0.3) is 0 Å². The van der Waals surface area contributed by atoms with Crippen molar-refractivity contribution in [2.75, 3.05) is 6.54 Å². The molecule has 0 saturated heterocycles. The predicted octanol–water partition coefficient (Wildman–Crippen LogP) is -2.11. The van der Waals surface area contributed by atoms with E-state index in [0.717, 1.165) is 43.6 Å². The zero-order valence-corrected chi connectivity index (χ0v) is 15.5. The number of nitrogens with zero attached hydrogens (tertiary/aromatic N) is 3. The van der Waals surface area contributed by atoms with Crippen molar-refractivity contribution in [3.8, 4) is 0 Å². The molecule has 0 bridgehead atoms. The van der Waals surface area contributed by atoms with Gasteiger partial charge in [0.15, 0.2) is 0 Å². The van der Waals surface area contributed by atoms with Crippen molar-refractivity contribution in [3.05, 3.63) is 17.2 Å². The molecule has 0 radical (unpaired) electrons. The van der Waals surface area contributed by atoms with E-state index in [-0.39, 0.29) is 58.2 Å². The predicted molar refractivity (Wildman–Crippen MR) is 59.8 cm³/mol. The standard InChI is InChI=1S/C12H16N3O.Rb/c1-2-12-13-10(8-16)11-7-14(9-3-4-9)5-6-15(11)12;/h9H,2-7H2,1H3;/q-1;+1. The van der Waals surface area contributed by atoms with Gasteiger partial charge in [-0.25, -0.2) is 0 Å². The maximum absolute atomic E-state index is 10.9. The molecule has 0 N–H and O–H groups in total. The molecule has 0 unspecified atom stereocenters. The van der Waals surface area contributed by atoms with Gasteiger partial charge in [-0.05, 0) is 25.1 Å². The molecule has 2 aliphatic rings.